The molecular formula is C52H56F14N6O6. The average molecular weight is 1130 g/mol. The highest BCUT2D eigenvalue weighted by Gasteiger charge is 2.41. The fourth-order valence-corrected chi connectivity index (χ4v) is 9.29. The van der Waals surface area contributed by atoms with Crippen LogP contribution < -0.4 is 10.6 Å². The summed E-state index contributed by atoms with van der Waals surface area (Å²) in [5.74, 6) is -0.985. The molecule has 2 N–H and O–H groups in total. The number of amides is 6. The molecule has 0 spiro atoms. The Bertz CT molecular complexity index is 2520. The minimum Gasteiger partial charge on any atom is -0.450 e. The fourth-order valence-electron chi connectivity index (χ4n) is 9.29. The SMILES string of the molecule is CCOC(=O)N[C@@H]1CCN(C(=O)N(C)Cc2cc(C(F)(F)F)cc(C(F)(F)F)c2)[C@@H](c2ccc(F)cc2C)C1.CCOC(=O)N[C@H]1CCN(C(=O)N(C)Cc2cc(C(F)(F)F)cc(C(F)(F)F)c2)[C@H](c2ccc(F)cc2C)C1. The van der Waals surface area contributed by atoms with E-state index >= 15 is 0 Å². The Morgan fingerprint density at radius 2 is 0.833 bits per heavy atom. The molecule has 2 aliphatic rings. The number of ether oxygens (including phenoxy) is 2. The number of nitrogens with zero attached hydrogens (tertiary/aromatic N) is 4. The Morgan fingerprint density at radius 1 is 0.526 bits per heavy atom. The Kier molecular flexibility index (Phi) is 20.0. The molecule has 2 fully saturated rings. The maximum Gasteiger partial charge on any atom is 0.416 e. The van der Waals surface area contributed by atoms with Crippen molar-refractivity contribution in [2.45, 2.75) is 115 Å². The maximum atomic E-state index is 13.8. The van der Waals surface area contributed by atoms with Gasteiger partial charge in [0.05, 0.1) is 47.6 Å². The van der Waals surface area contributed by atoms with Gasteiger partial charge in [-0.15, -0.1) is 0 Å². The molecule has 78 heavy (non-hydrogen) atoms. The van der Waals surface area contributed by atoms with Crippen LogP contribution in [0.1, 0.15) is 107 Å². The predicted octanol–water partition coefficient (Wildman–Crippen LogP) is 13.4. The lowest BCUT2D eigenvalue weighted by molar-refractivity contribution is -0.144. The molecule has 26 heteroatoms. The number of alkyl halides is 12. The smallest absolute Gasteiger partial charge is 0.416 e. The first-order chi connectivity index (χ1) is 36.2. The molecule has 0 aromatic heterocycles. The van der Waals surface area contributed by atoms with Gasteiger partial charge in [0, 0.05) is 52.4 Å². The Morgan fingerprint density at radius 3 is 1.10 bits per heavy atom. The van der Waals surface area contributed by atoms with Crippen LogP contribution >= 0.6 is 0 Å². The van der Waals surface area contributed by atoms with E-state index in [-0.39, 0.29) is 62.4 Å². The number of likely N-dealkylation sites (tertiary alicyclic amines) is 2. The van der Waals surface area contributed by atoms with Crippen LogP contribution in [0, 0.1) is 25.5 Å². The highest BCUT2D eigenvalue weighted by molar-refractivity contribution is 5.76. The normalized spacial score (nSPS) is 18.1. The first-order valence-corrected chi connectivity index (χ1v) is 24.2. The number of hydrogen-bond acceptors (Lipinski definition) is 6. The van der Waals surface area contributed by atoms with E-state index in [2.05, 4.69) is 10.6 Å². The molecule has 4 aromatic rings. The van der Waals surface area contributed by atoms with Gasteiger partial charge in [-0.05, 0) is 147 Å². The van der Waals surface area contributed by atoms with E-state index in [1.54, 1.807) is 27.7 Å². The molecule has 12 nitrogen and oxygen atoms in total. The third-order valence-electron chi connectivity index (χ3n) is 12.9. The molecule has 0 aliphatic carbocycles. The van der Waals surface area contributed by atoms with E-state index < -0.39 is 120 Å². The summed E-state index contributed by atoms with van der Waals surface area (Å²) in [6, 6.07) is 6.98. The Labute approximate surface area is 439 Å². The van der Waals surface area contributed by atoms with Crippen molar-refractivity contribution in [2.24, 2.45) is 0 Å². The minimum absolute atomic E-state index is 0.0278. The van der Waals surface area contributed by atoms with E-state index in [4.69, 9.17) is 9.47 Å². The van der Waals surface area contributed by atoms with Gasteiger partial charge in [-0.2, -0.15) is 52.7 Å². The molecule has 428 valence electrons. The van der Waals surface area contributed by atoms with Crippen molar-refractivity contribution in [1.29, 1.82) is 0 Å². The second-order valence-corrected chi connectivity index (χ2v) is 18.7. The summed E-state index contributed by atoms with van der Waals surface area (Å²) in [4.78, 5) is 55.8. The van der Waals surface area contributed by atoms with Gasteiger partial charge in [0.2, 0.25) is 0 Å². The lowest BCUT2D eigenvalue weighted by Crippen LogP contribution is -2.51. The van der Waals surface area contributed by atoms with Gasteiger partial charge in [-0.3, -0.25) is 0 Å². The summed E-state index contributed by atoms with van der Waals surface area (Å²) in [6.45, 7) is 6.05. The zero-order chi connectivity index (χ0) is 58.2. The van der Waals surface area contributed by atoms with Crippen molar-refractivity contribution in [3.63, 3.8) is 0 Å². The standard InChI is InChI=1S/2C26H28F7N3O3/c2*1-4-39-23(37)34-20-7-8-36(22(13-20)21-6-5-19(27)9-15(21)2)24(38)35(3)14-16-10-17(25(28,29)30)12-18(11-16)26(31,32)33/h2*5-6,9-12,20,22H,4,7-8,13-14H2,1-3H3,(H,34,37)/t2*20-,22-/m10/s1. The van der Waals surface area contributed by atoms with E-state index in [9.17, 15) is 80.6 Å². The van der Waals surface area contributed by atoms with Gasteiger partial charge in [-0.1, -0.05) is 12.1 Å². The lowest BCUT2D eigenvalue weighted by Gasteiger charge is -2.42. The summed E-state index contributed by atoms with van der Waals surface area (Å²) < 4.78 is 197. The third-order valence-corrected chi connectivity index (χ3v) is 12.9. The van der Waals surface area contributed by atoms with Crippen molar-refractivity contribution in [1.82, 2.24) is 30.2 Å². The molecular weight excluding hydrogens is 1070 g/mol. The summed E-state index contributed by atoms with van der Waals surface area (Å²) in [6.07, 6.45) is -20.3. The molecule has 6 rings (SSSR count). The molecule has 0 unspecified atom stereocenters. The number of aryl methyl sites for hydroxylation is 2. The first-order valence-electron chi connectivity index (χ1n) is 24.2. The van der Waals surface area contributed by atoms with Crippen LogP contribution in [0.15, 0.2) is 72.8 Å². The zero-order valence-corrected chi connectivity index (χ0v) is 42.8. The Hall–Kier alpha value is -7.02. The van der Waals surface area contributed by atoms with Crippen LogP contribution in [0.3, 0.4) is 0 Å². The number of hydrogen-bond donors (Lipinski definition) is 2. The van der Waals surface area contributed by atoms with Crippen LogP contribution in [0.5, 0.6) is 0 Å². The summed E-state index contributed by atoms with van der Waals surface area (Å²) in [5.41, 5.74) is -4.34. The van der Waals surface area contributed by atoms with Crippen molar-refractivity contribution in [2.75, 3.05) is 40.4 Å². The molecule has 2 saturated heterocycles. The fraction of sp³-hybridized carbons (Fsp3) is 0.462. The minimum atomic E-state index is -5.02. The largest absolute Gasteiger partial charge is 0.450 e. The van der Waals surface area contributed by atoms with E-state index in [0.29, 0.717) is 59.4 Å². The molecule has 2 aliphatic heterocycles. The van der Waals surface area contributed by atoms with E-state index in [1.807, 2.05) is 0 Å². The molecule has 0 radical (unpaired) electrons. The molecule has 2 heterocycles. The molecule has 0 saturated carbocycles. The van der Waals surface area contributed by atoms with Crippen LogP contribution in [-0.4, -0.2) is 96.3 Å². The summed E-state index contributed by atoms with van der Waals surface area (Å²) in [5, 5.41) is 5.44. The monoisotopic (exact) mass is 1130 g/mol. The van der Waals surface area contributed by atoms with Gasteiger partial charge in [0.15, 0.2) is 0 Å². The van der Waals surface area contributed by atoms with E-state index in [1.165, 1.54) is 60.3 Å². The number of urea groups is 2. The van der Waals surface area contributed by atoms with Gasteiger partial charge in [-0.25, -0.2) is 28.0 Å². The second kappa shape index (κ2) is 25.2. The van der Waals surface area contributed by atoms with Gasteiger partial charge >= 0.3 is 49.0 Å². The molecule has 6 amide bonds. The Balaban J connectivity index is 0.000000287. The quantitative estimate of drug-likeness (QED) is 0.152. The number of nitrogens with one attached hydrogen (secondary N) is 2. The van der Waals surface area contributed by atoms with Gasteiger partial charge in [0.1, 0.15) is 11.6 Å². The highest BCUT2D eigenvalue weighted by atomic mass is 19.4. The maximum absolute atomic E-state index is 13.8. The van der Waals surface area contributed by atoms with Gasteiger partial charge in [0.25, 0.3) is 0 Å². The highest BCUT2D eigenvalue weighted by Crippen LogP contribution is 2.40. The van der Waals surface area contributed by atoms with Crippen molar-refractivity contribution in [3.05, 3.63) is 140 Å². The van der Waals surface area contributed by atoms with Gasteiger partial charge < -0.3 is 39.7 Å². The number of carbonyl (C=O) groups excluding carboxylic acids is 4. The zero-order valence-electron chi connectivity index (χ0n) is 42.8. The van der Waals surface area contributed by atoms with E-state index in [0.717, 1.165) is 9.80 Å². The third kappa shape index (κ3) is 16.5. The van der Waals surface area contributed by atoms with Crippen LogP contribution in [0.25, 0.3) is 0 Å². The molecule has 4 atom stereocenters. The number of carbonyl (C=O) groups is 4. The van der Waals surface area contributed by atoms with Crippen molar-refractivity contribution >= 4 is 24.2 Å². The number of alkyl carbamates (subject to hydrolysis) is 2. The predicted molar refractivity (Wildman–Crippen MR) is 254 cm³/mol. The van der Waals surface area contributed by atoms with Crippen molar-refractivity contribution < 1.29 is 90.1 Å². The number of benzene rings is 4. The van der Waals surface area contributed by atoms with Crippen LogP contribution in [-0.2, 0) is 47.3 Å². The summed E-state index contributed by atoms with van der Waals surface area (Å²) >= 11 is 0. The molecule has 0 bridgehead atoms. The lowest BCUT2D eigenvalue weighted by atomic mass is 9.89. The molecule has 4 aromatic carbocycles. The number of piperidine rings is 2. The van der Waals surface area contributed by atoms with Crippen LogP contribution in [0.4, 0.5) is 80.6 Å². The van der Waals surface area contributed by atoms with Crippen LogP contribution in [0.2, 0.25) is 0 Å². The number of rotatable bonds is 10. The summed E-state index contributed by atoms with van der Waals surface area (Å²) in [7, 11) is 2.54. The second-order valence-electron chi connectivity index (χ2n) is 18.7. The topological polar surface area (TPSA) is 124 Å². The van der Waals surface area contributed by atoms with Crippen molar-refractivity contribution in [3.8, 4) is 0 Å². The first kappa shape index (κ1) is 61.8. The average Bonchev–Trinajstić information content (AvgIpc) is 3.33. The number of halogens is 14.